The lowest BCUT2D eigenvalue weighted by molar-refractivity contribution is 0.117. The van der Waals surface area contributed by atoms with Gasteiger partial charge in [-0.25, -0.2) is 0 Å². The van der Waals surface area contributed by atoms with Crippen molar-refractivity contribution in [1.29, 1.82) is 0 Å². The van der Waals surface area contributed by atoms with Crippen LogP contribution in [0.15, 0.2) is 46.7 Å². The number of ether oxygens (including phenoxy) is 1. The first kappa shape index (κ1) is 10.9. The van der Waals surface area contributed by atoms with Crippen molar-refractivity contribution in [2.75, 3.05) is 13.3 Å². The van der Waals surface area contributed by atoms with E-state index in [1.807, 2.05) is 0 Å². The van der Waals surface area contributed by atoms with Crippen LogP contribution in [0.5, 0.6) is 0 Å². The second-order valence-electron chi connectivity index (χ2n) is 6.78. The molecule has 2 unspecified atom stereocenters. The average Bonchev–Trinajstić information content (AvgIpc) is 3.17. The summed E-state index contributed by atoms with van der Waals surface area (Å²) >= 11 is 0. The van der Waals surface area contributed by atoms with Crippen LogP contribution in [-0.2, 0) is 9.39 Å². The maximum Gasteiger partial charge on any atom is 0.493 e. The van der Waals surface area contributed by atoms with E-state index < -0.39 is 0 Å². The lowest BCUT2D eigenvalue weighted by Crippen LogP contribution is -2.46. The standard InChI is InChI=1S/C16H17BN2O2/c1-2-7-13-12(6-1)19-16-15-14-10(8-18(15)9-20-16)4-3-5-11(14)17(19)21-13/h3-4,7,11-12H,1-2,5-6,8-9H2. The highest BCUT2D eigenvalue weighted by Crippen LogP contribution is 2.55. The second kappa shape index (κ2) is 3.51. The van der Waals surface area contributed by atoms with Crippen molar-refractivity contribution >= 4 is 7.05 Å². The zero-order valence-corrected chi connectivity index (χ0v) is 11.9. The van der Waals surface area contributed by atoms with Gasteiger partial charge in [-0.1, -0.05) is 12.2 Å². The Labute approximate surface area is 124 Å². The highest BCUT2D eigenvalue weighted by atomic mass is 16.5. The smallest absolute Gasteiger partial charge is 0.493 e. The molecule has 0 N–H and O–H groups in total. The maximum absolute atomic E-state index is 6.40. The largest absolute Gasteiger partial charge is 0.543 e. The van der Waals surface area contributed by atoms with Gasteiger partial charge in [0.2, 0.25) is 5.88 Å². The topological polar surface area (TPSA) is 24.9 Å². The summed E-state index contributed by atoms with van der Waals surface area (Å²) in [6.45, 7) is 1.71. The predicted octanol–water partition coefficient (Wildman–Crippen LogP) is 2.36. The van der Waals surface area contributed by atoms with E-state index in [9.17, 15) is 0 Å². The first-order valence-electron chi connectivity index (χ1n) is 8.09. The van der Waals surface area contributed by atoms with Crippen molar-refractivity contribution in [1.82, 2.24) is 9.71 Å². The molecular formula is C16H17BN2O2. The lowest BCUT2D eigenvalue weighted by Gasteiger charge is -2.36. The molecule has 4 aliphatic heterocycles. The van der Waals surface area contributed by atoms with Gasteiger partial charge >= 0.3 is 7.05 Å². The van der Waals surface area contributed by atoms with Crippen LogP contribution in [0.2, 0.25) is 5.82 Å². The molecule has 0 aromatic rings. The summed E-state index contributed by atoms with van der Waals surface area (Å²) in [7, 11) is 0.145. The number of hydrogen-bond donors (Lipinski definition) is 0. The summed E-state index contributed by atoms with van der Waals surface area (Å²) in [5.74, 6) is 2.76. The Balaban J connectivity index is 1.58. The van der Waals surface area contributed by atoms with Crippen LogP contribution in [-0.4, -0.2) is 36.1 Å². The van der Waals surface area contributed by atoms with Crippen molar-refractivity contribution < 1.29 is 9.39 Å². The van der Waals surface area contributed by atoms with E-state index in [1.165, 1.54) is 35.4 Å². The first-order valence-corrected chi connectivity index (χ1v) is 8.09. The Bertz CT molecular complexity index is 678. The molecule has 0 spiro atoms. The minimum atomic E-state index is 0.145. The zero-order chi connectivity index (χ0) is 13.6. The van der Waals surface area contributed by atoms with Crippen molar-refractivity contribution in [3.05, 3.63) is 46.7 Å². The molecule has 5 heteroatoms. The van der Waals surface area contributed by atoms with Crippen LogP contribution in [0.4, 0.5) is 0 Å². The molecular weight excluding hydrogens is 263 g/mol. The van der Waals surface area contributed by atoms with Crippen LogP contribution in [0.3, 0.4) is 0 Å². The fourth-order valence-electron chi connectivity index (χ4n) is 4.89. The molecule has 106 valence electrons. The normalized spacial score (nSPS) is 34.7. The predicted molar refractivity (Wildman–Crippen MR) is 78.6 cm³/mol. The van der Waals surface area contributed by atoms with E-state index in [1.54, 1.807) is 0 Å². The summed E-state index contributed by atoms with van der Waals surface area (Å²) in [6.07, 6.45) is 11.6. The number of allylic oxidation sites excluding steroid dienone is 3. The highest BCUT2D eigenvalue weighted by Gasteiger charge is 2.59. The van der Waals surface area contributed by atoms with Gasteiger partial charge in [0, 0.05) is 12.4 Å². The molecule has 21 heavy (non-hydrogen) atoms. The summed E-state index contributed by atoms with van der Waals surface area (Å²) in [5.41, 5.74) is 4.35. The molecule has 6 rings (SSSR count). The number of fused-ring (bicyclic) bond motifs is 5. The van der Waals surface area contributed by atoms with Gasteiger partial charge in [-0.3, -0.25) is 0 Å². The van der Waals surface area contributed by atoms with E-state index in [0.717, 1.165) is 25.3 Å². The quantitative estimate of drug-likeness (QED) is 0.636. The molecule has 4 nitrogen and oxygen atoms in total. The molecule has 6 aliphatic rings. The number of rotatable bonds is 0. The Morgan fingerprint density at radius 2 is 2.33 bits per heavy atom. The van der Waals surface area contributed by atoms with Crippen LogP contribution in [0, 0.1) is 0 Å². The SMILES string of the molecule is C1=CC2=C3C4=C(OCN4C2)N2B(OC4=CCCCC42)C3C1. The van der Waals surface area contributed by atoms with Gasteiger partial charge in [-0.15, -0.1) is 0 Å². The van der Waals surface area contributed by atoms with E-state index in [2.05, 4.69) is 27.9 Å². The van der Waals surface area contributed by atoms with Crippen LogP contribution < -0.4 is 0 Å². The lowest BCUT2D eigenvalue weighted by atomic mass is 9.56. The Morgan fingerprint density at radius 1 is 1.33 bits per heavy atom. The first-order chi connectivity index (χ1) is 10.4. The monoisotopic (exact) mass is 280 g/mol. The van der Waals surface area contributed by atoms with Gasteiger partial charge in [0.15, 0.2) is 6.73 Å². The van der Waals surface area contributed by atoms with Gasteiger partial charge in [0.25, 0.3) is 0 Å². The fourth-order valence-corrected chi connectivity index (χ4v) is 4.89. The van der Waals surface area contributed by atoms with E-state index in [4.69, 9.17) is 9.39 Å². The minimum absolute atomic E-state index is 0.145. The third kappa shape index (κ3) is 1.16. The third-order valence-corrected chi connectivity index (χ3v) is 5.72. The molecule has 0 bridgehead atoms. The molecule has 0 radical (unpaired) electrons. The summed E-state index contributed by atoms with van der Waals surface area (Å²) < 4.78 is 12.5. The molecule has 0 aromatic carbocycles. The Kier molecular flexibility index (Phi) is 1.82. The zero-order valence-electron chi connectivity index (χ0n) is 11.9. The van der Waals surface area contributed by atoms with Gasteiger partial charge in [-0.2, -0.15) is 0 Å². The average molecular weight is 280 g/mol. The second-order valence-corrected chi connectivity index (χ2v) is 6.78. The Morgan fingerprint density at radius 3 is 3.33 bits per heavy atom. The number of hydrogen-bond acceptors (Lipinski definition) is 4. The summed E-state index contributed by atoms with van der Waals surface area (Å²) in [4.78, 5) is 4.85. The molecule has 1 saturated heterocycles. The summed E-state index contributed by atoms with van der Waals surface area (Å²) in [6, 6.07) is 0.405. The number of nitrogens with zero attached hydrogens (tertiary/aromatic N) is 2. The van der Waals surface area contributed by atoms with E-state index in [-0.39, 0.29) is 7.05 Å². The molecule has 1 fully saturated rings. The highest BCUT2D eigenvalue weighted by molar-refractivity contribution is 6.54. The van der Waals surface area contributed by atoms with Crippen LogP contribution >= 0.6 is 0 Å². The molecule has 2 atom stereocenters. The molecule has 0 saturated carbocycles. The van der Waals surface area contributed by atoms with Gasteiger partial charge in [0.1, 0.15) is 5.70 Å². The minimum Gasteiger partial charge on any atom is -0.543 e. The van der Waals surface area contributed by atoms with Crippen molar-refractivity contribution in [2.45, 2.75) is 37.5 Å². The third-order valence-electron chi connectivity index (χ3n) is 5.72. The summed E-state index contributed by atoms with van der Waals surface area (Å²) in [5, 5.41) is 0. The van der Waals surface area contributed by atoms with E-state index in [0.29, 0.717) is 18.6 Å². The Hall–Kier alpha value is -1.78. The van der Waals surface area contributed by atoms with E-state index >= 15 is 0 Å². The van der Waals surface area contributed by atoms with Crippen molar-refractivity contribution in [2.24, 2.45) is 0 Å². The van der Waals surface area contributed by atoms with Gasteiger partial charge < -0.3 is 19.1 Å². The molecule has 2 aliphatic carbocycles. The van der Waals surface area contributed by atoms with Gasteiger partial charge in [-0.05, 0) is 42.9 Å². The molecule has 0 amide bonds. The molecule has 4 heterocycles. The van der Waals surface area contributed by atoms with Crippen molar-refractivity contribution in [3.8, 4) is 0 Å². The van der Waals surface area contributed by atoms with Gasteiger partial charge in [0.05, 0.1) is 11.8 Å². The fraction of sp³-hybridized carbons (Fsp3) is 0.500. The molecule has 0 aromatic heterocycles. The van der Waals surface area contributed by atoms with Crippen LogP contribution in [0.25, 0.3) is 0 Å². The maximum atomic E-state index is 6.40. The van der Waals surface area contributed by atoms with Crippen LogP contribution in [0.1, 0.15) is 25.7 Å². The van der Waals surface area contributed by atoms with Crippen molar-refractivity contribution in [3.63, 3.8) is 0 Å².